The molecule has 0 aliphatic carbocycles. The zero-order valence-corrected chi connectivity index (χ0v) is 30.0. The molecule has 0 atom stereocenters. The molecule has 262 valence electrons. The Morgan fingerprint density at radius 2 is 0.964 bits per heavy atom. The van der Waals surface area contributed by atoms with Gasteiger partial charge < -0.3 is 8.98 Å². The van der Waals surface area contributed by atoms with Gasteiger partial charge in [0.05, 0.1) is 11.0 Å². The quantitative estimate of drug-likeness (QED) is 0.171. The number of rotatable bonds is 6. The number of benzene rings is 7. The molecule has 4 aromatic heterocycles. The van der Waals surface area contributed by atoms with Crippen LogP contribution < -0.4 is 0 Å². The molecular weight excluding hydrogens is 687 g/mol. The van der Waals surface area contributed by atoms with E-state index >= 15 is 0 Å². The molecule has 0 unspecified atom stereocenters. The SMILES string of the molecule is c1ccc(-c2nc(-c3ccc(-c4ccc5c(c4)c4cc6oc7ccccc7c6cc4n5-c4ccccc4)cc3)nc(-c3cccc(-c4cccnc4)c3)n2)cc1. The highest BCUT2D eigenvalue weighted by molar-refractivity contribution is 6.17. The summed E-state index contributed by atoms with van der Waals surface area (Å²) in [5.41, 5.74) is 12.2. The molecule has 11 aromatic rings. The van der Waals surface area contributed by atoms with Gasteiger partial charge in [0.25, 0.3) is 0 Å². The molecule has 0 spiro atoms. The van der Waals surface area contributed by atoms with Crippen molar-refractivity contribution in [3.8, 4) is 62.1 Å². The van der Waals surface area contributed by atoms with E-state index in [4.69, 9.17) is 19.4 Å². The fraction of sp³-hybridized carbons (Fsp3) is 0. The lowest BCUT2D eigenvalue weighted by Gasteiger charge is -2.10. The Morgan fingerprint density at radius 3 is 1.75 bits per heavy atom. The van der Waals surface area contributed by atoms with Gasteiger partial charge in [0.1, 0.15) is 11.2 Å². The summed E-state index contributed by atoms with van der Waals surface area (Å²) in [7, 11) is 0. The average Bonchev–Trinajstić information content (AvgIpc) is 3.80. The van der Waals surface area contributed by atoms with Gasteiger partial charge in [-0.2, -0.15) is 0 Å². The van der Waals surface area contributed by atoms with Crippen molar-refractivity contribution in [1.29, 1.82) is 0 Å². The summed E-state index contributed by atoms with van der Waals surface area (Å²) in [6.07, 6.45) is 3.65. The Bertz CT molecular complexity index is 3230. The van der Waals surface area contributed by atoms with Crippen molar-refractivity contribution in [1.82, 2.24) is 24.5 Å². The Hall–Kier alpha value is -7.70. The maximum Gasteiger partial charge on any atom is 0.164 e. The Labute approximate surface area is 322 Å². The summed E-state index contributed by atoms with van der Waals surface area (Å²) >= 11 is 0. The van der Waals surface area contributed by atoms with E-state index in [9.17, 15) is 0 Å². The first-order chi connectivity index (χ1) is 27.7. The third-order valence-corrected chi connectivity index (χ3v) is 10.5. The second-order valence-electron chi connectivity index (χ2n) is 13.9. The van der Waals surface area contributed by atoms with Crippen LogP contribution in [0.15, 0.2) is 193 Å². The van der Waals surface area contributed by atoms with Gasteiger partial charge in [0, 0.05) is 61.9 Å². The van der Waals surface area contributed by atoms with Crippen LogP contribution in [0.1, 0.15) is 0 Å². The first-order valence-electron chi connectivity index (χ1n) is 18.6. The molecule has 6 heteroatoms. The molecule has 0 saturated carbocycles. The van der Waals surface area contributed by atoms with Crippen LogP contribution in [0, 0.1) is 0 Å². The third-order valence-electron chi connectivity index (χ3n) is 10.5. The number of fused-ring (bicyclic) bond motifs is 6. The minimum atomic E-state index is 0.613. The molecule has 0 amide bonds. The lowest BCUT2D eigenvalue weighted by atomic mass is 10.0. The average molecular weight is 718 g/mol. The van der Waals surface area contributed by atoms with Crippen LogP contribution in [0.25, 0.3) is 106 Å². The number of hydrogen-bond donors (Lipinski definition) is 0. The van der Waals surface area contributed by atoms with E-state index in [0.29, 0.717) is 17.5 Å². The highest BCUT2D eigenvalue weighted by atomic mass is 16.3. The van der Waals surface area contributed by atoms with Gasteiger partial charge in [0.15, 0.2) is 17.5 Å². The number of pyridine rings is 1. The monoisotopic (exact) mass is 717 g/mol. The third kappa shape index (κ3) is 5.43. The van der Waals surface area contributed by atoms with E-state index in [1.165, 1.54) is 0 Å². The largest absolute Gasteiger partial charge is 0.456 e. The highest BCUT2D eigenvalue weighted by Gasteiger charge is 2.18. The molecule has 56 heavy (non-hydrogen) atoms. The van der Waals surface area contributed by atoms with Crippen molar-refractivity contribution in [3.63, 3.8) is 0 Å². The van der Waals surface area contributed by atoms with Crippen LogP contribution in [0.4, 0.5) is 0 Å². The summed E-state index contributed by atoms with van der Waals surface area (Å²) in [5.74, 6) is 1.85. The van der Waals surface area contributed by atoms with Gasteiger partial charge >= 0.3 is 0 Å². The van der Waals surface area contributed by atoms with Crippen LogP contribution in [0.3, 0.4) is 0 Å². The Kier molecular flexibility index (Phi) is 7.38. The molecule has 6 nitrogen and oxygen atoms in total. The van der Waals surface area contributed by atoms with E-state index in [0.717, 1.165) is 88.4 Å². The molecule has 0 N–H and O–H groups in total. The van der Waals surface area contributed by atoms with Gasteiger partial charge in [-0.25, -0.2) is 15.0 Å². The minimum Gasteiger partial charge on any atom is -0.456 e. The van der Waals surface area contributed by atoms with Gasteiger partial charge in [-0.1, -0.05) is 121 Å². The van der Waals surface area contributed by atoms with E-state index in [1.807, 2.05) is 66.9 Å². The lowest BCUT2D eigenvalue weighted by Crippen LogP contribution is -2.00. The van der Waals surface area contributed by atoms with Crippen LogP contribution in [-0.2, 0) is 0 Å². The maximum absolute atomic E-state index is 6.37. The van der Waals surface area contributed by atoms with Crippen molar-refractivity contribution in [2.24, 2.45) is 0 Å². The van der Waals surface area contributed by atoms with Gasteiger partial charge in [-0.05, 0) is 71.3 Å². The number of para-hydroxylation sites is 2. The van der Waals surface area contributed by atoms with E-state index < -0.39 is 0 Å². The molecule has 0 radical (unpaired) electrons. The maximum atomic E-state index is 6.37. The van der Waals surface area contributed by atoms with Gasteiger partial charge in [0.2, 0.25) is 0 Å². The fourth-order valence-electron chi connectivity index (χ4n) is 7.81. The first kappa shape index (κ1) is 31.8. The van der Waals surface area contributed by atoms with Crippen LogP contribution in [0.2, 0.25) is 0 Å². The molecular formula is C50H31N5O. The molecule has 0 bridgehead atoms. The lowest BCUT2D eigenvalue weighted by molar-refractivity contribution is 0.669. The van der Waals surface area contributed by atoms with Crippen molar-refractivity contribution < 1.29 is 4.42 Å². The minimum absolute atomic E-state index is 0.613. The molecule has 7 aromatic carbocycles. The molecule has 0 fully saturated rings. The topological polar surface area (TPSA) is 69.6 Å². The smallest absolute Gasteiger partial charge is 0.164 e. The van der Waals surface area contributed by atoms with E-state index in [1.54, 1.807) is 6.20 Å². The van der Waals surface area contributed by atoms with E-state index in [2.05, 4.69) is 125 Å². The first-order valence-corrected chi connectivity index (χ1v) is 18.6. The van der Waals surface area contributed by atoms with Crippen LogP contribution in [0.5, 0.6) is 0 Å². The normalized spacial score (nSPS) is 11.6. The second-order valence-corrected chi connectivity index (χ2v) is 13.9. The van der Waals surface area contributed by atoms with Crippen LogP contribution in [-0.4, -0.2) is 24.5 Å². The fourth-order valence-corrected chi connectivity index (χ4v) is 7.81. The predicted octanol–water partition coefficient (Wildman–Crippen LogP) is 12.6. The summed E-state index contributed by atoms with van der Waals surface area (Å²) in [6, 6.07) is 60.9. The van der Waals surface area contributed by atoms with Crippen molar-refractivity contribution in [2.75, 3.05) is 0 Å². The zero-order chi connectivity index (χ0) is 37.0. The summed E-state index contributed by atoms with van der Waals surface area (Å²) in [4.78, 5) is 19.3. The number of hydrogen-bond acceptors (Lipinski definition) is 5. The Balaban J connectivity index is 1.02. The van der Waals surface area contributed by atoms with Crippen LogP contribution >= 0.6 is 0 Å². The summed E-state index contributed by atoms with van der Waals surface area (Å²) in [5, 5.41) is 4.54. The van der Waals surface area contributed by atoms with Crippen molar-refractivity contribution >= 4 is 43.7 Å². The predicted molar refractivity (Wildman–Crippen MR) is 226 cm³/mol. The molecule has 11 rings (SSSR count). The van der Waals surface area contributed by atoms with Gasteiger partial charge in [-0.3, -0.25) is 4.98 Å². The standard InChI is InChI=1S/C50H31N5O/c1-3-11-33(12-4-1)48-52-49(54-50(53-48)37-14-9-13-35(27-37)38-15-10-26-51-31-38)34-22-20-32(21-23-34)36-24-25-44-41(28-36)42-30-47-43(40-18-7-8-19-46(40)56-47)29-45(42)55(44)39-16-5-2-6-17-39/h1-31H. The van der Waals surface area contributed by atoms with Gasteiger partial charge in [-0.15, -0.1) is 0 Å². The zero-order valence-electron chi connectivity index (χ0n) is 30.0. The van der Waals surface area contributed by atoms with E-state index in [-0.39, 0.29) is 0 Å². The number of nitrogens with zero attached hydrogens (tertiary/aromatic N) is 5. The number of furan rings is 1. The summed E-state index contributed by atoms with van der Waals surface area (Å²) in [6.45, 7) is 0. The molecule has 0 aliphatic rings. The number of aromatic nitrogens is 5. The highest BCUT2D eigenvalue weighted by Crippen LogP contribution is 2.40. The summed E-state index contributed by atoms with van der Waals surface area (Å²) < 4.78 is 8.72. The Morgan fingerprint density at radius 1 is 0.357 bits per heavy atom. The second kappa shape index (κ2) is 13.0. The molecule has 0 saturated heterocycles. The molecule has 4 heterocycles. The van der Waals surface area contributed by atoms with Crippen molar-refractivity contribution in [2.45, 2.75) is 0 Å². The van der Waals surface area contributed by atoms with Crippen molar-refractivity contribution in [3.05, 3.63) is 188 Å². The molecule has 0 aliphatic heterocycles.